The number of hydrogen-bond acceptors (Lipinski definition) is 8. The van der Waals surface area contributed by atoms with Gasteiger partial charge in [-0.15, -0.1) is 0 Å². The van der Waals surface area contributed by atoms with Crippen LogP contribution in [0.2, 0.25) is 10.0 Å². The van der Waals surface area contributed by atoms with Crippen molar-refractivity contribution < 1.29 is 28.0 Å². The van der Waals surface area contributed by atoms with E-state index in [1.165, 1.54) is 24.3 Å². The zero-order chi connectivity index (χ0) is 38.3. The van der Waals surface area contributed by atoms with E-state index in [1.54, 1.807) is 36.4 Å². The third-order valence-electron chi connectivity index (χ3n) is 8.42. The van der Waals surface area contributed by atoms with Crippen LogP contribution in [0, 0.1) is 11.6 Å². The van der Waals surface area contributed by atoms with E-state index in [-0.39, 0.29) is 62.2 Å². The van der Waals surface area contributed by atoms with Crippen LogP contribution in [0.4, 0.5) is 20.2 Å². The van der Waals surface area contributed by atoms with Crippen LogP contribution in [-0.4, -0.2) is 42.2 Å². The van der Waals surface area contributed by atoms with Crippen LogP contribution < -0.4 is 21.8 Å². The normalized spacial score (nSPS) is 11.2. The lowest BCUT2D eigenvalue weighted by atomic mass is 10.0. The van der Waals surface area contributed by atoms with Gasteiger partial charge in [-0.1, -0.05) is 47.5 Å². The molecule has 0 unspecified atom stereocenters. The summed E-state index contributed by atoms with van der Waals surface area (Å²) in [7, 11) is 0. The largest absolute Gasteiger partial charge is 0.322 e. The summed E-state index contributed by atoms with van der Waals surface area (Å²) in [6, 6.07) is 19.4. The summed E-state index contributed by atoms with van der Waals surface area (Å²) in [5.74, 6) is -3.42. The number of anilines is 2. The topological polar surface area (TPSA) is 161 Å². The number of ketones is 2. The molecule has 0 aliphatic rings. The number of benzene rings is 4. The van der Waals surface area contributed by atoms with Crippen molar-refractivity contribution in [1.29, 1.82) is 0 Å². The summed E-state index contributed by atoms with van der Waals surface area (Å²) in [5, 5.41) is 5.19. The molecule has 0 aliphatic carbocycles. The van der Waals surface area contributed by atoms with Gasteiger partial charge in [-0.2, -0.15) is 0 Å². The van der Waals surface area contributed by atoms with E-state index in [0.29, 0.717) is 22.5 Å². The summed E-state index contributed by atoms with van der Waals surface area (Å²) in [6.07, 6.45) is 1.79. The number of aromatic nitrogens is 4. The Balaban J connectivity index is 1.05. The first kappa shape index (κ1) is 35.7. The fourth-order valence-corrected chi connectivity index (χ4v) is 6.28. The van der Waals surface area contributed by atoms with Crippen molar-refractivity contribution in [3.05, 3.63) is 174 Å². The molecule has 2 N–H and O–H groups in total. The van der Waals surface area contributed by atoms with Gasteiger partial charge in [-0.3, -0.25) is 37.6 Å². The minimum Gasteiger partial charge on any atom is -0.322 e. The van der Waals surface area contributed by atoms with E-state index in [4.69, 9.17) is 23.2 Å². The smallest absolute Gasteiger partial charge is 0.283 e. The fourth-order valence-electron chi connectivity index (χ4n) is 5.75. The highest BCUT2D eigenvalue weighted by atomic mass is 35.5. The van der Waals surface area contributed by atoms with Crippen molar-refractivity contribution in [3.8, 4) is 0 Å². The number of fused-ring (bicyclic) bond motifs is 2. The first-order valence-electron chi connectivity index (χ1n) is 15.9. The van der Waals surface area contributed by atoms with E-state index < -0.39 is 40.4 Å². The highest BCUT2D eigenvalue weighted by Crippen LogP contribution is 2.22. The van der Waals surface area contributed by atoms with E-state index >= 15 is 0 Å². The molecule has 0 spiro atoms. The zero-order valence-corrected chi connectivity index (χ0v) is 28.9. The molecule has 0 bridgehead atoms. The minimum absolute atomic E-state index is 0.00492. The molecule has 0 fully saturated rings. The molecule has 7 aromatic rings. The van der Waals surface area contributed by atoms with Gasteiger partial charge in [-0.25, -0.2) is 18.7 Å². The van der Waals surface area contributed by atoms with Crippen molar-refractivity contribution in [2.24, 2.45) is 0 Å². The molecular formula is C38H22Cl2F2N6O6. The Kier molecular flexibility index (Phi) is 9.54. The Labute approximate surface area is 312 Å². The van der Waals surface area contributed by atoms with Crippen LogP contribution in [0.1, 0.15) is 52.8 Å². The summed E-state index contributed by atoms with van der Waals surface area (Å²) in [5.41, 5.74) is -0.836. The SMILES string of the molecule is O=C(Cc1ccc(NC(=O)c2ncn3c(=O)c4c(C(=O)Cc5ccc(NC(=O)c6ccc(F)cc6Cl)cc5)ncn4c(=O)c23)cc1)c1ccc(F)cc1Cl. The van der Waals surface area contributed by atoms with Crippen molar-refractivity contribution >= 4 is 69.0 Å². The minimum atomic E-state index is -0.812. The Morgan fingerprint density at radius 1 is 0.574 bits per heavy atom. The molecule has 4 aromatic carbocycles. The summed E-state index contributed by atoms with van der Waals surface area (Å²) >= 11 is 12.0. The van der Waals surface area contributed by atoms with Crippen LogP contribution in [0.3, 0.4) is 0 Å². The van der Waals surface area contributed by atoms with Crippen molar-refractivity contribution in [1.82, 2.24) is 18.8 Å². The van der Waals surface area contributed by atoms with Crippen molar-refractivity contribution in [2.75, 3.05) is 10.6 Å². The average molecular weight is 768 g/mol. The van der Waals surface area contributed by atoms with E-state index in [2.05, 4.69) is 20.6 Å². The van der Waals surface area contributed by atoms with E-state index in [0.717, 1.165) is 45.7 Å². The Bertz CT molecular complexity index is 2600. The van der Waals surface area contributed by atoms with Gasteiger partial charge in [0.1, 0.15) is 41.0 Å². The molecule has 3 heterocycles. The quantitative estimate of drug-likeness (QED) is 0.158. The van der Waals surface area contributed by atoms with Gasteiger partial charge < -0.3 is 10.6 Å². The van der Waals surface area contributed by atoms with Gasteiger partial charge in [-0.05, 0) is 71.8 Å². The van der Waals surface area contributed by atoms with E-state index in [9.17, 15) is 37.5 Å². The molecule has 0 saturated carbocycles. The number of Topliss-reactive ketones (excluding diaryl/α,β-unsaturated/α-hetero) is 2. The van der Waals surface area contributed by atoms with E-state index in [1.807, 2.05) is 0 Å². The van der Waals surface area contributed by atoms with Crippen LogP contribution in [-0.2, 0) is 12.8 Å². The molecule has 7 rings (SSSR count). The molecule has 0 radical (unpaired) electrons. The van der Waals surface area contributed by atoms with Crippen LogP contribution in [0.5, 0.6) is 0 Å². The maximum Gasteiger partial charge on any atom is 0.283 e. The lowest BCUT2D eigenvalue weighted by Crippen LogP contribution is -2.28. The van der Waals surface area contributed by atoms with Crippen molar-refractivity contribution in [3.63, 3.8) is 0 Å². The van der Waals surface area contributed by atoms with Gasteiger partial charge in [0, 0.05) is 29.8 Å². The first-order valence-corrected chi connectivity index (χ1v) is 16.6. The molecule has 2 amide bonds. The lowest BCUT2D eigenvalue weighted by Gasteiger charge is -2.08. The van der Waals surface area contributed by atoms with Crippen LogP contribution in [0.25, 0.3) is 11.0 Å². The molecule has 0 aliphatic heterocycles. The number of hydrogen-bond donors (Lipinski definition) is 2. The Morgan fingerprint density at radius 2 is 1.02 bits per heavy atom. The maximum absolute atomic E-state index is 13.6. The molecule has 3 aromatic heterocycles. The van der Waals surface area contributed by atoms with Gasteiger partial charge in [0.2, 0.25) is 0 Å². The summed E-state index contributed by atoms with van der Waals surface area (Å²) in [4.78, 5) is 87.0. The number of nitrogens with zero attached hydrogens (tertiary/aromatic N) is 4. The second kappa shape index (κ2) is 14.4. The van der Waals surface area contributed by atoms with Gasteiger partial charge in [0.25, 0.3) is 22.9 Å². The number of imidazole rings is 2. The van der Waals surface area contributed by atoms with Crippen LogP contribution in [0.15, 0.2) is 107 Å². The summed E-state index contributed by atoms with van der Waals surface area (Å²) in [6.45, 7) is 0. The average Bonchev–Trinajstić information content (AvgIpc) is 3.79. The second-order valence-electron chi connectivity index (χ2n) is 12.0. The Morgan fingerprint density at radius 3 is 1.54 bits per heavy atom. The number of carbonyl (C=O) groups is 4. The third kappa shape index (κ3) is 6.95. The molecular weight excluding hydrogens is 745 g/mol. The first-order chi connectivity index (χ1) is 25.9. The van der Waals surface area contributed by atoms with Gasteiger partial charge in [0.05, 0.1) is 15.6 Å². The predicted molar refractivity (Wildman–Crippen MR) is 195 cm³/mol. The monoisotopic (exact) mass is 766 g/mol. The highest BCUT2D eigenvalue weighted by molar-refractivity contribution is 6.34. The highest BCUT2D eigenvalue weighted by Gasteiger charge is 2.25. The number of halogens is 4. The number of carbonyl (C=O) groups excluding carboxylic acids is 4. The third-order valence-corrected chi connectivity index (χ3v) is 9.04. The lowest BCUT2D eigenvalue weighted by molar-refractivity contribution is 0.0983. The van der Waals surface area contributed by atoms with Crippen LogP contribution >= 0.6 is 23.2 Å². The van der Waals surface area contributed by atoms with Gasteiger partial charge >= 0.3 is 0 Å². The summed E-state index contributed by atoms with van der Waals surface area (Å²) < 4.78 is 28.5. The zero-order valence-electron chi connectivity index (χ0n) is 27.4. The number of rotatable bonds is 10. The number of amides is 2. The molecule has 12 nitrogen and oxygen atoms in total. The van der Waals surface area contributed by atoms with Crippen molar-refractivity contribution in [2.45, 2.75) is 12.8 Å². The fraction of sp³-hybridized carbons (Fsp3) is 0.0526. The second-order valence-corrected chi connectivity index (χ2v) is 12.8. The molecule has 0 atom stereocenters. The standard InChI is InChI=1S/C38H22Cl2F2N6O6/c39-27-15-21(41)5-11-25(27)29(49)13-19-1-9-24(10-2-19)46-36(52)32-34-38(54)47-17-43-31(33(47)37(53)48(34)18-44-32)30(50)14-20-3-7-23(8-4-20)45-35(51)26-12-6-22(42)16-28(26)40/h1-12,15-18H,13-14H2,(H,45,51)(H,46,52). The predicted octanol–water partition coefficient (Wildman–Crippen LogP) is 6.08. The maximum atomic E-state index is 13.6. The molecule has 0 saturated heterocycles. The Hall–Kier alpha value is -6.64. The molecule has 54 heavy (non-hydrogen) atoms. The number of nitrogens with one attached hydrogen (secondary N) is 2. The van der Waals surface area contributed by atoms with Gasteiger partial charge in [0.15, 0.2) is 17.3 Å². The molecule has 268 valence electrons. The molecule has 16 heteroatoms.